The molecule has 0 aliphatic rings. The molecule has 0 fully saturated rings. The summed E-state index contributed by atoms with van der Waals surface area (Å²) in [6.45, 7) is 0. The number of hydrogen-bond acceptors (Lipinski definition) is 1. The fourth-order valence-electron chi connectivity index (χ4n) is 8.10. The van der Waals surface area contributed by atoms with Gasteiger partial charge >= 0.3 is 0 Å². The van der Waals surface area contributed by atoms with Crippen LogP contribution in [0.2, 0.25) is 0 Å². The second-order valence-electron chi connectivity index (χ2n) is 13.9. The lowest BCUT2D eigenvalue weighted by atomic mass is 9.91. The summed E-state index contributed by atoms with van der Waals surface area (Å²) in [6.07, 6.45) is 0. The number of hydrogen-bond donors (Lipinski definition) is 0. The Bertz CT molecular complexity index is 2960. The Morgan fingerprint density at radius 1 is 0.364 bits per heavy atom. The normalized spacial score (nSPS) is 11.4. The first-order valence-electron chi connectivity index (χ1n) is 18.6. The summed E-state index contributed by atoms with van der Waals surface area (Å²) < 4.78 is 16.8. The number of aromatic nitrogens is 1. The first-order chi connectivity index (χ1) is 27.2. The number of fused-ring (bicyclic) bond motifs is 4. The van der Waals surface area contributed by atoms with Crippen molar-refractivity contribution >= 4 is 49.6 Å². The third kappa shape index (κ3) is 5.83. The van der Waals surface area contributed by atoms with E-state index in [0.29, 0.717) is 0 Å². The van der Waals surface area contributed by atoms with Crippen molar-refractivity contribution in [1.29, 1.82) is 0 Å². The van der Waals surface area contributed by atoms with Gasteiger partial charge in [-0.2, -0.15) is 0 Å². The molecule has 10 aromatic rings. The van der Waals surface area contributed by atoms with Gasteiger partial charge in [0.15, 0.2) is 0 Å². The molecule has 0 saturated carbocycles. The van der Waals surface area contributed by atoms with E-state index in [9.17, 15) is 4.39 Å². The summed E-state index contributed by atoms with van der Waals surface area (Å²) in [7, 11) is 0. The molecule has 0 atom stereocenters. The van der Waals surface area contributed by atoms with Gasteiger partial charge in [0.25, 0.3) is 0 Å². The molecule has 0 amide bonds. The fraction of sp³-hybridized carbons (Fsp3) is 0. The maximum atomic E-state index is 14.4. The fourth-order valence-corrected chi connectivity index (χ4v) is 8.10. The van der Waals surface area contributed by atoms with E-state index < -0.39 is 0 Å². The first kappa shape index (κ1) is 32.4. The number of para-hydroxylation sites is 2. The highest BCUT2D eigenvalue weighted by Crippen LogP contribution is 2.42. The molecule has 0 radical (unpaired) electrons. The maximum absolute atomic E-state index is 14.4. The van der Waals surface area contributed by atoms with E-state index >= 15 is 0 Å². The average Bonchev–Trinajstić information content (AvgIpc) is 3.58. The van der Waals surface area contributed by atoms with Crippen molar-refractivity contribution < 1.29 is 4.39 Å². The molecule has 0 spiro atoms. The van der Waals surface area contributed by atoms with Crippen molar-refractivity contribution in [2.45, 2.75) is 0 Å². The van der Waals surface area contributed by atoms with Gasteiger partial charge in [0.2, 0.25) is 0 Å². The van der Waals surface area contributed by atoms with E-state index in [0.717, 1.165) is 61.3 Å². The molecule has 1 aromatic heterocycles. The smallest absolute Gasteiger partial charge is 0.123 e. The topological polar surface area (TPSA) is 8.17 Å². The van der Waals surface area contributed by atoms with Gasteiger partial charge in [0.1, 0.15) is 5.82 Å². The van der Waals surface area contributed by atoms with Crippen LogP contribution in [-0.4, -0.2) is 4.57 Å². The molecular formula is C52H35FN2. The second kappa shape index (κ2) is 13.6. The summed E-state index contributed by atoms with van der Waals surface area (Å²) in [5.74, 6) is -0.240. The molecule has 0 bridgehead atoms. The van der Waals surface area contributed by atoms with Crippen LogP contribution in [0.5, 0.6) is 0 Å². The number of rotatable bonds is 7. The Hall–Kier alpha value is -7.23. The Morgan fingerprint density at radius 2 is 0.909 bits per heavy atom. The predicted molar refractivity (Wildman–Crippen MR) is 229 cm³/mol. The molecule has 0 aliphatic heterocycles. The Morgan fingerprint density at radius 3 is 1.62 bits per heavy atom. The van der Waals surface area contributed by atoms with Crippen LogP contribution in [0.15, 0.2) is 212 Å². The van der Waals surface area contributed by atoms with Gasteiger partial charge in [-0.05, 0) is 111 Å². The molecule has 0 unspecified atom stereocenters. The van der Waals surface area contributed by atoms with Crippen molar-refractivity contribution in [3.05, 3.63) is 218 Å². The highest BCUT2D eigenvalue weighted by Gasteiger charge is 2.18. The first-order valence-corrected chi connectivity index (χ1v) is 18.6. The SMILES string of the molecule is Fc1cccc(-c2cccc3cccc(-c4ccc(N(c5ccc(-c6ccccc6)cc5)c5ccc6c7ccccc7n(-c7ccccc7)c6c5)cc4)c23)c1. The lowest BCUT2D eigenvalue weighted by molar-refractivity contribution is 0.628. The zero-order valence-electron chi connectivity index (χ0n) is 30.0. The van der Waals surface area contributed by atoms with Crippen LogP contribution in [0.4, 0.5) is 21.5 Å². The number of nitrogens with zero attached hydrogens (tertiary/aromatic N) is 2. The minimum atomic E-state index is -0.240. The molecule has 10 rings (SSSR count). The number of halogens is 1. The van der Waals surface area contributed by atoms with Crippen LogP contribution in [0.1, 0.15) is 0 Å². The Labute approximate surface area is 319 Å². The zero-order chi connectivity index (χ0) is 36.7. The Balaban J connectivity index is 1.13. The molecule has 2 nitrogen and oxygen atoms in total. The van der Waals surface area contributed by atoms with Gasteiger partial charge in [-0.15, -0.1) is 0 Å². The lowest BCUT2D eigenvalue weighted by Crippen LogP contribution is -2.10. The van der Waals surface area contributed by atoms with Crippen LogP contribution in [0.25, 0.3) is 71.6 Å². The molecule has 9 aromatic carbocycles. The summed E-state index contributed by atoms with van der Waals surface area (Å²) in [6, 6.07) is 73.7. The average molecular weight is 707 g/mol. The molecular weight excluding hydrogens is 672 g/mol. The molecule has 0 saturated heterocycles. The number of benzene rings is 9. The van der Waals surface area contributed by atoms with Gasteiger partial charge in [-0.3, -0.25) is 0 Å². The van der Waals surface area contributed by atoms with Crippen molar-refractivity contribution in [2.24, 2.45) is 0 Å². The molecule has 55 heavy (non-hydrogen) atoms. The van der Waals surface area contributed by atoms with Gasteiger partial charge in [0, 0.05) is 33.5 Å². The molecule has 0 aliphatic carbocycles. The third-order valence-corrected chi connectivity index (χ3v) is 10.6. The van der Waals surface area contributed by atoms with Crippen LogP contribution in [0.3, 0.4) is 0 Å². The summed E-state index contributed by atoms with van der Waals surface area (Å²) in [4.78, 5) is 2.34. The van der Waals surface area contributed by atoms with E-state index in [1.54, 1.807) is 12.1 Å². The van der Waals surface area contributed by atoms with Crippen molar-refractivity contribution in [3.63, 3.8) is 0 Å². The summed E-state index contributed by atoms with van der Waals surface area (Å²) in [5.41, 5.74) is 13.1. The molecule has 0 N–H and O–H groups in total. The van der Waals surface area contributed by atoms with Crippen LogP contribution >= 0.6 is 0 Å². The molecule has 260 valence electrons. The van der Waals surface area contributed by atoms with Crippen LogP contribution in [-0.2, 0) is 0 Å². The quantitative estimate of drug-likeness (QED) is 0.160. The Kier molecular flexibility index (Phi) is 8.04. The van der Waals surface area contributed by atoms with E-state index in [4.69, 9.17) is 0 Å². The van der Waals surface area contributed by atoms with Crippen LogP contribution in [0, 0.1) is 5.82 Å². The predicted octanol–water partition coefficient (Wildman–Crippen LogP) is 14.5. The summed E-state index contributed by atoms with van der Waals surface area (Å²) >= 11 is 0. The minimum absolute atomic E-state index is 0.240. The van der Waals surface area contributed by atoms with E-state index in [1.165, 1.54) is 33.5 Å². The highest BCUT2D eigenvalue weighted by atomic mass is 19.1. The minimum Gasteiger partial charge on any atom is -0.310 e. The van der Waals surface area contributed by atoms with Crippen molar-refractivity contribution in [1.82, 2.24) is 4.57 Å². The standard InChI is InChI=1S/C52H35FN2/c53-41-17-9-16-40(34-41)47-22-11-15-39-14-10-21-46(52(39)47)38-26-30-44(31-27-38)54(43-28-24-37(25-29-43)36-12-3-1-4-13-36)45-32-33-49-48-20-7-8-23-50(48)55(51(49)35-45)42-18-5-2-6-19-42/h1-35H. The third-order valence-electron chi connectivity index (χ3n) is 10.6. The van der Waals surface area contributed by atoms with Gasteiger partial charge in [-0.25, -0.2) is 4.39 Å². The molecule has 1 heterocycles. The molecule has 3 heteroatoms. The van der Waals surface area contributed by atoms with E-state index in [1.807, 2.05) is 12.1 Å². The van der Waals surface area contributed by atoms with Gasteiger partial charge in [-0.1, -0.05) is 146 Å². The van der Waals surface area contributed by atoms with Gasteiger partial charge in [0.05, 0.1) is 11.0 Å². The number of anilines is 3. The van der Waals surface area contributed by atoms with E-state index in [2.05, 4.69) is 191 Å². The monoisotopic (exact) mass is 706 g/mol. The van der Waals surface area contributed by atoms with Gasteiger partial charge < -0.3 is 9.47 Å². The maximum Gasteiger partial charge on any atom is 0.123 e. The van der Waals surface area contributed by atoms with E-state index in [-0.39, 0.29) is 5.82 Å². The van der Waals surface area contributed by atoms with Crippen LogP contribution < -0.4 is 4.90 Å². The van der Waals surface area contributed by atoms with Crippen molar-refractivity contribution in [2.75, 3.05) is 4.90 Å². The second-order valence-corrected chi connectivity index (χ2v) is 13.9. The zero-order valence-corrected chi connectivity index (χ0v) is 30.0. The largest absolute Gasteiger partial charge is 0.310 e. The lowest BCUT2D eigenvalue weighted by Gasteiger charge is -2.26. The summed E-state index contributed by atoms with van der Waals surface area (Å²) in [5, 5.41) is 4.66. The highest BCUT2D eigenvalue weighted by molar-refractivity contribution is 6.10. The van der Waals surface area contributed by atoms with Crippen molar-refractivity contribution in [3.8, 4) is 39.1 Å².